The average molecular weight is 928 g/mol. The van der Waals surface area contributed by atoms with E-state index in [1.807, 2.05) is 18.2 Å². The van der Waals surface area contributed by atoms with E-state index in [1.54, 1.807) is 36.4 Å². The van der Waals surface area contributed by atoms with Gasteiger partial charge in [-0.3, -0.25) is 14.4 Å². The highest BCUT2D eigenvalue weighted by Gasteiger charge is 2.18. The molecule has 18 heteroatoms. The molecule has 0 heterocycles. The molecule has 7 aromatic rings. The summed E-state index contributed by atoms with van der Waals surface area (Å²) in [5.74, 6) is -10.3. The summed E-state index contributed by atoms with van der Waals surface area (Å²) in [6, 6.07) is 34.1. The van der Waals surface area contributed by atoms with Gasteiger partial charge in [0, 0.05) is 33.8 Å². The van der Waals surface area contributed by atoms with E-state index in [-0.39, 0.29) is 67.1 Å². The average Bonchev–Trinajstić information content (AvgIpc) is 3.33. The van der Waals surface area contributed by atoms with E-state index in [2.05, 4.69) is 16.0 Å². The van der Waals surface area contributed by atoms with E-state index >= 15 is 0 Å². The highest BCUT2D eigenvalue weighted by molar-refractivity contribution is 6.08. The second-order valence-corrected chi connectivity index (χ2v) is 15.1. The molecule has 342 valence electrons. The van der Waals surface area contributed by atoms with Crippen LogP contribution >= 0.6 is 0 Å². The second kappa shape index (κ2) is 19.5. The number of hydrogen-bond acceptors (Lipinski definition) is 9. The molecule has 0 aliphatic rings. The number of anilines is 3. The standard InChI is InChI=1S/C51H33N3O15/c55-43(52-40-19-34(46(58)59)16-35(20-40)47(60)61)28-7-1-25(2-8-28)31-13-32(26-3-9-29(10-4-26)44(56)53-41-21-36(48(62)63)17-37(22-41)49(64)65)15-33(14-31)27-5-11-30(12-6-27)45(57)54-42-23-38(50(66)67)18-39(24-42)51(68)69/h1-24H,(H,52,55)(H,53,56)(H,54,57)(H,58,59)(H,60,61)(H,62,63)(H,64,65)(H,66,67)(H,68,69). The van der Waals surface area contributed by atoms with Crippen LogP contribution in [0.15, 0.2) is 146 Å². The van der Waals surface area contributed by atoms with Gasteiger partial charge in [0.15, 0.2) is 0 Å². The normalized spacial score (nSPS) is 10.6. The highest BCUT2D eigenvalue weighted by Crippen LogP contribution is 2.34. The molecule has 0 aliphatic heterocycles. The summed E-state index contributed by atoms with van der Waals surface area (Å²) in [5.41, 5.74) is 2.03. The van der Waals surface area contributed by atoms with E-state index in [0.29, 0.717) is 33.4 Å². The van der Waals surface area contributed by atoms with Crippen molar-refractivity contribution in [1.29, 1.82) is 0 Å². The van der Waals surface area contributed by atoms with Gasteiger partial charge in [-0.2, -0.15) is 0 Å². The molecule has 0 fully saturated rings. The fourth-order valence-electron chi connectivity index (χ4n) is 7.02. The maximum Gasteiger partial charge on any atom is 0.335 e. The van der Waals surface area contributed by atoms with Crippen molar-refractivity contribution in [2.24, 2.45) is 0 Å². The number of nitrogens with one attached hydrogen (secondary N) is 3. The number of amides is 3. The summed E-state index contributed by atoms with van der Waals surface area (Å²) in [5, 5.41) is 64.3. The zero-order valence-electron chi connectivity index (χ0n) is 35.2. The SMILES string of the molecule is O=C(O)c1cc(NC(=O)c2ccc(-c3cc(-c4ccc(C(=O)Nc5cc(C(=O)O)cc(C(=O)O)c5)cc4)cc(-c4ccc(C(=O)Nc5cc(C(=O)O)cc(C(=O)O)c5)cc4)c3)cc2)cc(C(=O)O)c1. The lowest BCUT2D eigenvalue weighted by Gasteiger charge is -2.13. The summed E-state index contributed by atoms with van der Waals surface area (Å²) >= 11 is 0. The maximum absolute atomic E-state index is 13.3. The molecule has 0 radical (unpaired) electrons. The molecule has 7 aromatic carbocycles. The van der Waals surface area contributed by atoms with Gasteiger partial charge in [0.25, 0.3) is 17.7 Å². The molecule has 0 bridgehead atoms. The predicted octanol–water partition coefficient (Wildman–Crippen LogP) is 8.63. The van der Waals surface area contributed by atoms with Crippen molar-refractivity contribution in [3.05, 3.63) is 196 Å². The molecule has 9 N–H and O–H groups in total. The Balaban J connectivity index is 1.20. The Labute approximate surface area is 388 Å². The van der Waals surface area contributed by atoms with Gasteiger partial charge in [-0.1, -0.05) is 36.4 Å². The van der Waals surface area contributed by atoms with Crippen LogP contribution in [0.4, 0.5) is 17.1 Å². The van der Waals surface area contributed by atoms with Crippen molar-refractivity contribution in [1.82, 2.24) is 0 Å². The van der Waals surface area contributed by atoms with Crippen molar-refractivity contribution >= 4 is 70.6 Å². The Morgan fingerprint density at radius 1 is 0.232 bits per heavy atom. The molecule has 0 aliphatic carbocycles. The number of carbonyl (C=O) groups is 9. The first kappa shape index (κ1) is 46.8. The van der Waals surface area contributed by atoms with E-state index in [1.165, 1.54) is 36.4 Å². The number of carboxylic acids is 6. The fourth-order valence-corrected chi connectivity index (χ4v) is 7.02. The number of hydrogen-bond donors (Lipinski definition) is 9. The minimum absolute atomic E-state index is 0.0508. The molecule has 7 rings (SSSR count). The van der Waals surface area contributed by atoms with E-state index in [9.17, 15) is 73.8 Å². The first-order chi connectivity index (χ1) is 32.8. The Kier molecular flexibility index (Phi) is 13.2. The number of aromatic carboxylic acids is 6. The first-order valence-electron chi connectivity index (χ1n) is 20.1. The first-order valence-corrected chi connectivity index (χ1v) is 20.1. The molecule has 69 heavy (non-hydrogen) atoms. The molecule has 0 spiro atoms. The van der Waals surface area contributed by atoms with E-state index in [0.717, 1.165) is 54.6 Å². The molecule has 18 nitrogen and oxygen atoms in total. The summed E-state index contributed by atoms with van der Waals surface area (Å²) < 4.78 is 0. The van der Waals surface area contributed by atoms with Gasteiger partial charge < -0.3 is 46.6 Å². The topological polar surface area (TPSA) is 311 Å². The fraction of sp³-hybridized carbons (Fsp3) is 0. The Morgan fingerprint density at radius 3 is 0.594 bits per heavy atom. The second-order valence-electron chi connectivity index (χ2n) is 15.1. The van der Waals surface area contributed by atoms with Gasteiger partial charge in [0.05, 0.1) is 33.4 Å². The molecule has 0 aromatic heterocycles. The van der Waals surface area contributed by atoms with Crippen LogP contribution < -0.4 is 16.0 Å². The summed E-state index contributed by atoms with van der Waals surface area (Å²) in [6.07, 6.45) is 0. The lowest BCUT2D eigenvalue weighted by molar-refractivity contribution is 0.0676. The van der Waals surface area contributed by atoms with Gasteiger partial charge >= 0.3 is 35.8 Å². The van der Waals surface area contributed by atoms with Gasteiger partial charge in [-0.05, 0) is 143 Å². The van der Waals surface area contributed by atoms with Crippen molar-refractivity contribution in [2.45, 2.75) is 0 Å². The number of rotatable bonds is 15. The number of carbonyl (C=O) groups excluding carboxylic acids is 3. The van der Waals surface area contributed by atoms with Gasteiger partial charge in [0.1, 0.15) is 0 Å². The quantitative estimate of drug-likeness (QED) is 0.0465. The van der Waals surface area contributed by atoms with Crippen molar-refractivity contribution in [2.75, 3.05) is 16.0 Å². The third-order valence-corrected chi connectivity index (χ3v) is 10.4. The molecule has 3 amide bonds. The van der Waals surface area contributed by atoms with Crippen LogP contribution in [0, 0.1) is 0 Å². The predicted molar refractivity (Wildman–Crippen MR) is 248 cm³/mol. The third-order valence-electron chi connectivity index (χ3n) is 10.4. The number of benzene rings is 7. The van der Waals surface area contributed by atoms with Crippen molar-refractivity contribution < 1.29 is 73.8 Å². The van der Waals surface area contributed by atoms with Crippen molar-refractivity contribution in [3.8, 4) is 33.4 Å². The largest absolute Gasteiger partial charge is 0.478 e. The van der Waals surface area contributed by atoms with E-state index < -0.39 is 53.5 Å². The summed E-state index contributed by atoms with van der Waals surface area (Å²) in [4.78, 5) is 109. The van der Waals surface area contributed by atoms with Crippen LogP contribution in [0.1, 0.15) is 93.2 Å². The maximum atomic E-state index is 13.3. The summed E-state index contributed by atoms with van der Waals surface area (Å²) in [7, 11) is 0. The van der Waals surface area contributed by atoms with Gasteiger partial charge in [0.2, 0.25) is 0 Å². The lowest BCUT2D eigenvalue weighted by atomic mass is 9.92. The third kappa shape index (κ3) is 11.0. The Morgan fingerprint density at radius 2 is 0.420 bits per heavy atom. The van der Waals surface area contributed by atoms with Crippen LogP contribution in [-0.4, -0.2) is 84.2 Å². The zero-order chi connectivity index (χ0) is 49.7. The molecular formula is C51H33N3O15. The number of carboxylic acid groups (broad SMARTS) is 6. The molecule has 0 saturated heterocycles. The Bertz CT molecular complexity index is 2850. The smallest absolute Gasteiger partial charge is 0.335 e. The highest BCUT2D eigenvalue weighted by atomic mass is 16.4. The van der Waals surface area contributed by atoms with Crippen molar-refractivity contribution in [3.63, 3.8) is 0 Å². The lowest BCUT2D eigenvalue weighted by Crippen LogP contribution is -2.13. The molecular weight excluding hydrogens is 895 g/mol. The monoisotopic (exact) mass is 927 g/mol. The van der Waals surface area contributed by atoms with Crippen LogP contribution in [0.3, 0.4) is 0 Å². The Hall–Kier alpha value is -10.2. The molecule has 0 saturated carbocycles. The summed E-state index contributed by atoms with van der Waals surface area (Å²) in [6.45, 7) is 0. The van der Waals surface area contributed by atoms with Gasteiger partial charge in [-0.25, -0.2) is 28.8 Å². The van der Waals surface area contributed by atoms with Crippen LogP contribution in [0.5, 0.6) is 0 Å². The molecule has 0 atom stereocenters. The van der Waals surface area contributed by atoms with Crippen LogP contribution in [0.25, 0.3) is 33.4 Å². The van der Waals surface area contributed by atoms with Gasteiger partial charge in [-0.15, -0.1) is 0 Å². The van der Waals surface area contributed by atoms with E-state index in [4.69, 9.17) is 0 Å². The minimum Gasteiger partial charge on any atom is -0.478 e. The van der Waals surface area contributed by atoms with Crippen LogP contribution in [-0.2, 0) is 0 Å². The minimum atomic E-state index is -1.39. The molecule has 0 unspecified atom stereocenters. The zero-order valence-corrected chi connectivity index (χ0v) is 35.2. The van der Waals surface area contributed by atoms with Crippen LogP contribution in [0.2, 0.25) is 0 Å².